The first-order valence-electron chi connectivity index (χ1n) is 12.4. The summed E-state index contributed by atoms with van der Waals surface area (Å²) in [7, 11) is 1.47. The molecule has 39 heavy (non-hydrogen) atoms. The molecule has 9 heteroatoms. The molecular formula is C30H26ClNO7. The zero-order valence-electron chi connectivity index (χ0n) is 21.6. The minimum Gasteiger partial charge on any atom is -0.503 e. The van der Waals surface area contributed by atoms with Crippen LogP contribution in [0.1, 0.15) is 36.0 Å². The first kappa shape index (κ1) is 26.2. The van der Waals surface area contributed by atoms with Crippen LogP contribution in [0.25, 0.3) is 11.0 Å². The lowest BCUT2D eigenvalue weighted by atomic mass is 9.94. The molecule has 1 atom stereocenters. The van der Waals surface area contributed by atoms with E-state index in [1.54, 1.807) is 60.7 Å². The second-order valence-corrected chi connectivity index (χ2v) is 9.18. The van der Waals surface area contributed by atoms with Crippen LogP contribution in [0.5, 0.6) is 17.2 Å². The predicted molar refractivity (Wildman–Crippen MR) is 147 cm³/mol. The highest BCUT2D eigenvalue weighted by Crippen LogP contribution is 2.44. The number of ketones is 1. The van der Waals surface area contributed by atoms with Crippen molar-refractivity contribution in [3.8, 4) is 17.2 Å². The number of hydrogen-bond donors (Lipinski definition) is 1. The Morgan fingerprint density at radius 1 is 1.00 bits per heavy atom. The number of aliphatic hydroxyl groups excluding tert-OH is 1. The molecule has 0 radical (unpaired) electrons. The number of carbonyl (C=O) groups excluding carboxylic acids is 2. The van der Waals surface area contributed by atoms with Gasteiger partial charge in [0.05, 0.1) is 31.9 Å². The van der Waals surface area contributed by atoms with Gasteiger partial charge in [-0.3, -0.25) is 14.5 Å². The lowest BCUT2D eigenvalue weighted by Gasteiger charge is -2.27. The largest absolute Gasteiger partial charge is 0.503 e. The fourth-order valence-electron chi connectivity index (χ4n) is 4.71. The number of benzene rings is 3. The van der Waals surface area contributed by atoms with Gasteiger partial charge in [-0.05, 0) is 67.9 Å². The van der Waals surface area contributed by atoms with Gasteiger partial charge in [0, 0.05) is 22.2 Å². The van der Waals surface area contributed by atoms with E-state index in [4.69, 9.17) is 30.2 Å². The number of rotatable bonds is 9. The predicted octanol–water partition coefficient (Wildman–Crippen LogP) is 6.68. The van der Waals surface area contributed by atoms with Crippen molar-refractivity contribution in [3.05, 3.63) is 94.4 Å². The van der Waals surface area contributed by atoms with Crippen molar-refractivity contribution in [3.63, 3.8) is 0 Å². The van der Waals surface area contributed by atoms with E-state index in [1.165, 1.54) is 18.1 Å². The third-order valence-electron chi connectivity index (χ3n) is 6.35. The third kappa shape index (κ3) is 4.79. The average Bonchev–Trinajstić information content (AvgIpc) is 3.47. The number of methoxy groups -OCH3 is 1. The van der Waals surface area contributed by atoms with Crippen LogP contribution < -0.4 is 19.1 Å². The first-order valence-corrected chi connectivity index (χ1v) is 12.8. The molecule has 200 valence electrons. The molecule has 0 saturated carbocycles. The molecule has 1 unspecified atom stereocenters. The van der Waals surface area contributed by atoms with Gasteiger partial charge in [0.25, 0.3) is 5.91 Å². The zero-order valence-corrected chi connectivity index (χ0v) is 22.3. The summed E-state index contributed by atoms with van der Waals surface area (Å²) < 4.78 is 22.4. The van der Waals surface area contributed by atoms with E-state index in [-0.39, 0.29) is 11.3 Å². The molecule has 8 nitrogen and oxygen atoms in total. The number of halogens is 1. The summed E-state index contributed by atoms with van der Waals surface area (Å²) in [6, 6.07) is 17.7. The van der Waals surface area contributed by atoms with Gasteiger partial charge in [-0.1, -0.05) is 23.7 Å². The maximum atomic E-state index is 14.0. The SMILES string of the molecule is CCOc1ccc(N2C(=O)C(O)=C(C(=O)c3cc4cc(Cl)cc(OC)c4o3)C2c2cccc(OCC)c2)cc1. The molecule has 1 aromatic heterocycles. The summed E-state index contributed by atoms with van der Waals surface area (Å²) in [4.78, 5) is 28.8. The fraction of sp³-hybridized carbons (Fsp3) is 0.200. The quantitative estimate of drug-likeness (QED) is 0.233. The summed E-state index contributed by atoms with van der Waals surface area (Å²) in [5.74, 6) is -0.539. The topological polar surface area (TPSA) is 98.4 Å². The molecule has 3 aromatic carbocycles. The zero-order chi connectivity index (χ0) is 27.7. The van der Waals surface area contributed by atoms with E-state index >= 15 is 0 Å². The van der Waals surface area contributed by atoms with Gasteiger partial charge in [0.1, 0.15) is 11.5 Å². The van der Waals surface area contributed by atoms with Gasteiger partial charge in [0.15, 0.2) is 22.9 Å². The molecule has 2 heterocycles. The highest BCUT2D eigenvalue weighted by Gasteiger charge is 2.45. The fourth-order valence-corrected chi connectivity index (χ4v) is 4.93. The van der Waals surface area contributed by atoms with E-state index in [0.717, 1.165) is 0 Å². The van der Waals surface area contributed by atoms with Crippen LogP contribution in [0.15, 0.2) is 82.5 Å². The Morgan fingerprint density at radius 2 is 1.72 bits per heavy atom. The molecule has 4 aromatic rings. The van der Waals surface area contributed by atoms with Gasteiger partial charge in [-0.25, -0.2) is 0 Å². The van der Waals surface area contributed by atoms with Gasteiger partial charge >= 0.3 is 0 Å². The minimum atomic E-state index is -0.956. The molecule has 1 amide bonds. The number of amides is 1. The molecule has 1 N–H and O–H groups in total. The van der Waals surface area contributed by atoms with Crippen molar-refractivity contribution in [1.29, 1.82) is 0 Å². The summed E-state index contributed by atoms with van der Waals surface area (Å²) in [6.07, 6.45) is 0. The van der Waals surface area contributed by atoms with Gasteiger partial charge in [-0.2, -0.15) is 0 Å². The van der Waals surface area contributed by atoms with Gasteiger partial charge in [-0.15, -0.1) is 0 Å². The smallest absolute Gasteiger partial charge is 0.294 e. The summed E-state index contributed by atoms with van der Waals surface area (Å²) in [6.45, 7) is 4.66. The molecule has 0 aliphatic carbocycles. The normalized spacial score (nSPS) is 15.2. The number of aliphatic hydroxyl groups is 1. The summed E-state index contributed by atoms with van der Waals surface area (Å²) in [5.41, 5.74) is 1.26. The molecule has 0 bridgehead atoms. The Labute approximate surface area is 229 Å². The lowest BCUT2D eigenvalue weighted by molar-refractivity contribution is -0.117. The van der Waals surface area contributed by atoms with Gasteiger partial charge in [0.2, 0.25) is 5.78 Å². The minimum absolute atomic E-state index is 0.0700. The number of carbonyl (C=O) groups is 2. The lowest BCUT2D eigenvalue weighted by Crippen LogP contribution is -2.31. The number of hydrogen-bond acceptors (Lipinski definition) is 7. The Morgan fingerprint density at radius 3 is 2.41 bits per heavy atom. The van der Waals surface area contributed by atoms with Crippen LogP contribution >= 0.6 is 11.6 Å². The van der Waals surface area contributed by atoms with E-state index in [0.29, 0.717) is 57.7 Å². The third-order valence-corrected chi connectivity index (χ3v) is 6.57. The van der Waals surface area contributed by atoms with Crippen molar-refractivity contribution in [2.45, 2.75) is 19.9 Å². The molecule has 0 fully saturated rings. The molecule has 0 spiro atoms. The van der Waals surface area contributed by atoms with Crippen LogP contribution in [-0.4, -0.2) is 37.1 Å². The summed E-state index contributed by atoms with van der Waals surface area (Å²) >= 11 is 6.19. The first-order chi connectivity index (χ1) is 18.9. The number of ether oxygens (including phenoxy) is 3. The van der Waals surface area contributed by atoms with Crippen LogP contribution in [0, 0.1) is 0 Å². The number of furan rings is 1. The van der Waals surface area contributed by atoms with E-state index in [9.17, 15) is 14.7 Å². The van der Waals surface area contributed by atoms with Crippen molar-refractivity contribution in [1.82, 2.24) is 0 Å². The molecule has 5 rings (SSSR count). The number of nitrogens with zero attached hydrogens (tertiary/aromatic N) is 1. The Bertz CT molecular complexity index is 1590. The Hall–Kier alpha value is -4.43. The molecule has 1 aliphatic rings. The van der Waals surface area contributed by atoms with Crippen LogP contribution in [-0.2, 0) is 4.79 Å². The molecular weight excluding hydrogens is 522 g/mol. The summed E-state index contributed by atoms with van der Waals surface area (Å²) in [5, 5.41) is 12.1. The van der Waals surface area contributed by atoms with E-state index < -0.39 is 23.5 Å². The number of anilines is 1. The van der Waals surface area contributed by atoms with E-state index in [2.05, 4.69) is 0 Å². The maximum Gasteiger partial charge on any atom is 0.294 e. The molecule has 0 saturated heterocycles. The second-order valence-electron chi connectivity index (χ2n) is 8.74. The monoisotopic (exact) mass is 547 g/mol. The van der Waals surface area contributed by atoms with Crippen LogP contribution in [0.2, 0.25) is 5.02 Å². The van der Waals surface area contributed by atoms with Crippen molar-refractivity contribution < 1.29 is 33.3 Å². The average molecular weight is 548 g/mol. The van der Waals surface area contributed by atoms with Crippen molar-refractivity contribution in [2.24, 2.45) is 0 Å². The number of Topliss-reactive ketones (excluding diaryl/α,β-unsaturated/α-hetero) is 1. The molecule has 1 aliphatic heterocycles. The van der Waals surface area contributed by atoms with Crippen LogP contribution in [0.4, 0.5) is 5.69 Å². The highest BCUT2D eigenvalue weighted by atomic mass is 35.5. The second kappa shape index (κ2) is 10.7. The van der Waals surface area contributed by atoms with Gasteiger partial charge < -0.3 is 23.7 Å². The van der Waals surface area contributed by atoms with E-state index in [1.807, 2.05) is 13.8 Å². The highest BCUT2D eigenvalue weighted by molar-refractivity contribution is 6.31. The van der Waals surface area contributed by atoms with Crippen molar-refractivity contribution in [2.75, 3.05) is 25.2 Å². The number of fused-ring (bicyclic) bond motifs is 1. The van der Waals surface area contributed by atoms with Crippen LogP contribution in [0.3, 0.4) is 0 Å². The Kier molecular flexibility index (Phi) is 7.21. The van der Waals surface area contributed by atoms with Crippen molar-refractivity contribution >= 4 is 39.9 Å². The maximum absolute atomic E-state index is 14.0. The Balaban J connectivity index is 1.64. The standard InChI is InChI=1S/C30H26ClNO7/c1-4-37-21-11-9-20(10-12-21)32-26(17-7-6-8-22(14-17)38-5-2)25(28(34)30(32)35)27(33)23-15-18-13-19(31)16-24(36-3)29(18)39-23/h6-16,26,34H,4-5H2,1-3H3.